The van der Waals surface area contributed by atoms with E-state index >= 15 is 0 Å². The van der Waals surface area contributed by atoms with E-state index in [2.05, 4.69) is 4.72 Å². The monoisotopic (exact) mass is 301 g/mol. The van der Waals surface area contributed by atoms with E-state index in [0.717, 1.165) is 5.56 Å². The summed E-state index contributed by atoms with van der Waals surface area (Å²) in [5, 5.41) is 8.92. The fourth-order valence-corrected chi connectivity index (χ4v) is 2.73. The van der Waals surface area contributed by atoms with Crippen LogP contribution in [0.15, 0.2) is 24.3 Å². The third kappa shape index (κ3) is 7.00. The van der Waals surface area contributed by atoms with Crippen LogP contribution < -0.4 is 4.72 Å². The first-order valence-corrected chi connectivity index (χ1v) is 8.32. The molecule has 0 radical (unpaired) electrons. The number of rotatable bonds is 9. The average Bonchev–Trinajstić information content (AvgIpc) is 2.38. The number of sulfonamides is 1. The number of hydrogen-bond donors (Lipinski definition) is 2. The number of ether oxygens (including phenoxy) is 1. The summed E-state index contributed by atoms with van der Waals surface area (Å²) in [6.07, 6.45) is 0. The molecule has 1 aromatic carbocycles. The molecule has 0 heterocycles. The van der Waals surface area contributed by atoms with Gasteiger partial charge in [-0.25, -0.2) is 13.1 Å². The molecule has 0 amide bonds. The maximum absolute atomic E-state index is 11.8. The lowest BCUT2D eigenvalue weighted by Gasteiger charge is -2.09. The van der Waals surface area contributed by atoms with Crippen molar-refractivity contribution < 1.29 is 18.3 Å². The first-order chi connectivity index (χ1) is 9.43. The average molecular weight is 301 g/mol. The SMILES string of the molecule is CC(C)COCCNS(=O)(=O)Cc1ccc(CO)cc1. The number of nitrogens with one attached hydrogen (secondary N) is 1. The molecule has 5 nitrogen and oxygen atoms in total. The largest absolute Gasteiger partial charge is 0.392 e. The lowest BCUT2D eigenvalue weighted by molar-refractivity contribution is 0.114. The van der Waals surface area contributed by atoms with Gasteiger partial charge in [-0.15, -0.1) is 0 Å². The summed E-state index contributed by atoms with van der Waals surface area (Å²) in [4.78, 5) is 0. The molecule has 2 N–H and O–H groups in total. The van der Waals surface area contributed by atoms with Crippen molar-refractivity contribution in [3.05, 3.63) is 35.4 Å². The molecule has 0 aromatic heterocycles. The van der Waals surface area contributed by atoms with Gasteiger partial charge < -0.3 is 9.84 Å². The van der Waals surface area contributed by atoms with Crippen molar-refractivity contribution in [2.45, 2.75) is 26.2 Å². The lowest BCUT2D eigenvalue weighted by Crippen LogP contribution is -2.29. The van der Waals surface area contributed by atoms with Crippen molar-refractivity contribution in [3.63, 3.8) is 0 Å². The first-order valence-electron chi connectivity index (χ1n) is 6.66. The molecule has 0 fully saturated rings. The fraction of sp³-hybridized carbons (Fsp3) is 0.571. The van der Waals surface area contributed by atoms with Gasteiger partial charge in [-0.05, 0) is 17.0 Å². The van der Waals surface area contributed by atoms with Gasteiger partial charge in [0.15, 0.2) is 0 Å². The fourth-order valence-electron chi connectivity index (χ4n) is 1.60. The van der Waals surface area contributed by atoms with Crippen LogP contribution in [0.5, 0.6) is 0 Å². The van der Waals surface area contributed by atoms with Crippen LogP contribution in [0.1, 0.15) is 25.0 Å². The number of aliphatic hydroxyl groups is 1. The van der Waals surface area contributed by atoms with E-state index in [0.29, 0.717) is 24.7 Å². The summed E-state index contributed by atoms with van der Waals surface area (Å²) >= 11 is 0. The molecule has 1 aromatic rings. The molecular formula is C14H23NO4S. The zero-order chi connectivity index (χ0) is 15.0. The van der Waals surface area contributed by atoms with Crippen molar-refractivity contribution >= 4 is 10.0 Å². The Morgan fingerprint density at radius 1 is 1.20 bits per heavy atom. The van der Waals surface area contributed by atoms with Gasteiger partial charge in [-0.2, -0.15) is 0 Å². The van der Waals surface area contributed by atoms with Gasteiger partial charge in [0.1, 0.15) is 0 Å². The maximum Gasteiger partial charge on any atom is 0.215 e. The Bertz CT molecular complexity index is 482. The molecule has 0 aliphatic heterocycles. The molecule has 0 aliphatic carbocycles. The van der Waals surface area contributed by atoms with Gasteiger partial charge in [0.25, 0.3) is 0 Å². The Morgan fingerprint density at radius 3 is 2.35 bits per heavy atom. The van der Waals surface area contributed by atoms with Crippen LogP contribution >= 0.6 is 0 Å². The highest BCUT2D eigenvalue weighted by Crippen LogP contribution is 2.07. The highest BCUT2D eigenvalue weighted by molar-refractivity contribution is 7.88. The Kier molecular flexibility index (Phi) is 7.15. The minimum Gasteiger partial charge on any atom is -0.392 e. The topological polar surface area (TPSA) is 75.6 Å². The van der Waals surface area contributed by atoms with Crippen LogP contribution in [0.25, 0.3) is 0 Å². The standard InChI is InChI=1S/C14H23NO4S/c1-12(2)10-19-8-7-15-20(17,18)11-14-5-3-13(9-16)4-6-14/h3-6,12,15-16H,7-11H2,1-2H3. The van der Waals surface area contributed by atoms with Crippen LogP contribution in [0.2, 0.25) is 0 Å². The summed E-state index contributed by atoms with van der Waals surface area (Å²) in [7, 11) is -3.35. The van der Waals surface area contributed by atoms with E-state index in [4.69, 9.17) is 9.84 Å². The predicted octanol–water partition coefficient (Wildman–Crippen LogP) is 1.27. The second-order valence-corrected chi connectivity index (χ2v) is 6.90. The van der Waals surface area contributed by atoms with Crippen molar-refractivity contribution in [1.82, 2.24) is 4.72 Å². The molecule has 0 spiro atoms. The van der Waals surface area contributed by atoms with Crippen LogP contribution in [-0.2, 0) is 27.1 Å². The summed E-state index contributed by atoms with van der Waals surface area (Å²) in [6, 6.07) is 6.85. The predicted molar refractivity (Wildman–Crippen MR) is 78.6 cm³/mol. The van der Waals surface area contributed by atoms with Gasteiger partial charge in [0, 0.05) is 13.2 Å². The normalized spacial score (nSPS) is 12.0. The van der Waals surface area contributed by atoms with Gasteiger partial charge in [0.05, 0.1) is 19.0 Å². The zero-order valence-corrected chi connectivity index (χ0v) is 12.8. The Balaban J connectivity index is 2.36. The van der Waals surface area contributed by atoms with Crippen LogP contribution in [0.4, 0.5) is 0 Å². The van der Waals surface area contributed by atoms with Gasteiger partial charge >= 0.3 is 0 Å². The Labute approximate surface area is 121 Å². The summed E-state index contributed by atoms with van der Waals surface area (Å²) < 4.78 is 31.5. The highest BCUT2D eigenvalue weighted by atomic mass is 32.2. The van der Waals surface area contributed by atoms with Crippen molar-refractivity contribution in [2.24, 2.45) is 5.92 Å². The van der Waals surface area contributed by atoms with E-state index in [1.165, 1.54) is 0 Å². The third-order valence-electron chi connectivity index (χ3n) is 2.58. The molecule has 0 atom stereocenters. The van der Waals surface area contributed by atoms with Gasteiger partial charge in [-0.3, -0.25) is 0 Å². The van der Waals surface area contributed by atoms with E-state index in [9.17, 15) is 8.42 Å². The molecule has 0 bridgehead atoms. The van der Waals surface area contributed by atoms with E-state index < -0.39 is 10.0 Å². The maximum atomic E-state index is 11.8. The highest BCUT2D eigenvalue weighted by Gasteiger charge is 2.10. The minimum absolute atomic E-state index is 0.0432. The second kappa shape index (κ2) is 8.36. The van der Waals surface area contributed by atoms with Crippen molar-refractivity contribution in [3.8, 4) is 0 Å². The smallest absolute Gasteiger partial charge is 0.215 e. The lowest BCUT2D eigenvalue weighted by atomic mass is 10.2. The summed E-state index contributed by atoms with van der Waals surface area (Å²) in [5.74, 6) is 0.375. The summed E-state index contributed by atoms with van der Waals surface area (Å²) in [6.45, 7) is 5.33. The molecule has 0 unspecified atom stereocenters. The van der Waals surface area contributed by atoms with E-state index in [1.54, 1.807) is 24.3 Å². The van der Waals surface area contributed by atoms with Crippen LogP contribution in [-0.4, -0.2) is 33.3 Å². The molecule has 0 saturated heterocycles. The van der Waals surface area contributed by atoms with E-state index in [-0.39, 0.29) is 18.9 Å². The van der Waals surface area contributed by atoms with E-state index in [1.807, 2.05) is 13.8 Å². The van der Waals surface area contributed by atoms with Crippen molar-refractivity contribution in [2.75, 3.05) is 19.8 Å². The van der Waals surface area contributed by atoms with Crippen LogP contribution in [0, 0.1) is 5.92 Å². The molecule has 114 valence electrons. The Hall–Kier alpha value is -0.950. The second-order valence-electron chi connectivity index (χ2n) is 5.10. The molecule has 0 saturated carbocycles. The molecular weight excluding hydrogens is 278 g/mol. The third-order valence-corrected chi connectivity index (χ3v) is 3.94. The first kappa shape index (κ1) is 17.1. The van der Waals surface area contributed by atoms with Gasteiger partial charge in [-0.1, -0.05) is 38.1 Å². The molecule has 0 aliphatic rings. The molecule has 6 heteroatoms. The Morgan fingerprint density at radius 2 is 1.80 bits per heavy atom. The molecule has 1 rings (SSSR count). The van der Waals surface area contributed by atoms with Crippen molar-refractivity contribution in [1.29, 1.82) is 0 Å². The number of hydrogen-bond acceptors (Lipinski definition) is 4. The van der Waals surface area contributed by atoms with Crippen LogP contribution in [0.3, 0.4) is 0 Å². The number of aliphatic hydroxyl groups excluding tert-OH is 1. The summed E-state index contributed by atoms with van der Waals surface area (Å²) in [5.41, 5.74) is 1.46. The zero-order valence-electron chi connectivity index (χ0n) is 12.0. The number of benzene rings is 1. The quantitative estimate of drug-likeness (QED) is 0.674. The molecule has 20 heavy (non-hydrogen) atoms. The minimum atomic E-state index is -3.35. The van der Waals surface area contributed by atoms with Gasteiger partial charge in [0.2, 0.25) is 10.0 Å².